The fourth-order valence-electron chi connectivity index (χ4n) is 4.05. The van der Waals surface area contributed by atoms with Crippen LogP contribution < -0.4 is 10.0 Å². The number of halogens is 1. The lowest BCUT2D eigenvalue weighted by molar-refractivity contribution is 0.0940. The third-order valence-corrected chi connectivity index (χ3v) is 7.66. The molecular weight excluding hydrogens is 494 g/mol. The van der Waals surface area contributed by atoms with Crippen molar-refractivity contribution < 1.29 is 13.2 Å². The topological polar surface area (TPSA) is 80.2 Å². The Morgan fingerprint density at radius 3 is 2.39 bits per heavy atom. The Hall–Kier alpha value is -3.29. The number of carbonyl (C=O) groups excluding carboxylic acids is 1. The third-order valence-electron chi connectivity index (χ3n) is 6.01. The van der Waals surface area contributed by atoms with Crippen LogP contribution in [0.25, 0.3) is 10.9 Å². The van der Waals surface area contributed by atoms with E-state index in [2.05, 4.69) is 35.2 Å². The van der Waals surface area contributed by atoms with Crippen molar-refractivity contribution in [3.05, 3.63) is 94.1 Å². The molecule has 2 N–H and O–H groups in total. The molecule has 1 heterocycles. The highest BCUT2D eigenvalue weighted by Crippen LogP contribution is 2.27. The minimum atomic E-state index is -3.79. The zero-order valence-electron chi connectivity index (χ0n) is 20.8. The van der Waals surface area contributed by atoms with Crippen LogP contribution in [0.1, 0.15) is 41.0 Å². The van der Waals surface area contributed by atoms with Crippen LogP contribution >= 0.6 is 11.6 Å². The van der Waals surface area contributed by atoms with Gasteiger partial charge in [0.05, 0.1) is 4.90 Å². The summed E-state index contributed by atoms with van der Waals surface area (Å²) in [5.41, 5.74) is 5.21. The fraction of sp³-hybridized carbons (Fsp3) is 0.250. The van der Waals surface area contributed by atoms with Crippen molar-refractivity contribution in [3.63, 3.8) is 0 Å². The van der Waals surface area contributed by atoms with Gasteiger partial charge in [0.1, 0.15) is 5.69 Å². The molecule has 0 aliphatic heterocycles. The summed E-state index contributed by atoms with van der Waals surface area (Å²) in [6.07, 6.45) is 0. The van der Waals surface area contributed by atoms with E-state index in [0.29, 0.717) is 35.4 Å². The van der Waals surface area contributed by atoms with E-state index in [9.17, 15) is 13.2 Å². The average Bonchev–Trinajstić information content (AvgIpc) is 3.17. The summed E-state index contributed by atoms with van der Waals surface area (Å²) in [6, 6.07) is 19.4. The molecule has 0 fully saturated rings. The quantitative estimate of drug-likeness (QED) is 0.291. The zero-order chi connectivity index (χ0) is 26.0. The molecule has 36 heavy (non-hydrogen) atoms. The maximum atomic E-state index is 13.2. The first-order valence-corrected chi connectivity index (χ1v) is 13.7. The lowest BCUT2D eigenvalue weighted by Crippen LogP contribution is -2.29. The number of hydrogen-bond acceptors (Lipinski definition) is 3. The highest BCUT2D eigenvalue weighted by molar-refractivity contribution is 7.92. The van der Waals surface area contributed by atoms with Gasteiger partial charge in [-0.3, -0.25) is 9.52 Å². The molecule has 3 aromatic carbocycles. The monoisotopic (exact) mass is 523 g/mol. The number of anilines is 1. The summed E-state index contributed by atoms with van der Waals surface area (Å²) in [5, 5.41) is 4.24. The zero-order valence-corrected chi connectivity index (χ0v) is 22.4. The third kappa shape index (κ3) is 5.74. The molecule has 4 rings (SSSR count). The lowest BCUT2D eigenvalue weighted by Gasteiger charge is -2.14. The number of sulfonamides is 1. The summed E-state index contributed by atoms with van der Waals surface area (Å²) >= 11 is 5.90. The molecule has 6 nitrogen and oxygen atoms in total. The van der Waals surface area contributed by atoms with Gasteiger partial charge < -0.3 is 9.88 Å². The van der Waals surface area contributed by atoms with Gasteiger partial charge in [0.25, 0.3) is 15.9 Å². The second-order valence-electron chi connectivity index (χ2n) is 9.48. The van der Waals surface area contributed by atoms with Crippen LogP contribution in [0.15, 0.2) is 71.6 Å². The van der Waals surface area contributed by atoms with Gasteiger partial charge in [0.2, 0.25) is 0 Å². The molecule has 0 radical (unpaired) electrons. The van der Waals surface area contributed by atoms with Crippen molar-refractivity contribution in [1.29, 1.82) is 0 Å². The van der Waals surface area contributed by atoms with Crippen molar-refractivity contribution in [2.45, 2.75) is 39.1 Å². The first kappa shape index (κ1) is 25.8. The minimum Gasteiger partial charge on any atom is -0.351 e. The Kier molecular flexibility index (Phi) is 7.43. The first-order chi connectivity index (χ1) is 17.0. The second-order valence-corrected chi connectivity index (χ2v) is 11.6. The highest BCUT2D eigenvalue weighted by Gasteiger charge is 2.19. The molecule has 0 aliphatic carbocycles. The number of nitrogens with zero attached hydrogens (tertiary/aromatic N) is 1. The van der Waals surface area contributed by atoms with Crippen LogP contribution in [0.2, 0.25) is 5.02 Å². The molecule has 0 aliphatic rings. The molecule has 8 heteroatoms. The Balaban J connectivity index is 1.74. The van der Waals surface area contributed by atoms with Gasteiger partial charge in [-0.25, -0.2) is 8.42 Å². The number of rotatable bonds is 8. The van der Waals surface area contributed by atoms with Crippen LogP contribution in [-0.4, -0.2) is 25.4 Å². The molecule has 1 aromatic heterocycles. The summed E-state index contributed by atoms with van der Waals surface area (Å²) in [6.45, 7) is 9.29. The van der Waals surface area contributed by atoms with E-state index in [4.69, 9.17) is 11.6 Å². The number of amides is 1. The average molecular weight is 524 g/mol. The normalized spacial score (nSPS) is 11.7. The molecule has 0 bridgehead atoms. The number of fused-ring (bicyclic) bond motifs is 1. The van der Waals surface area contributed by atoms with Gasteiger partial charge in [-0.2, -0.15) is 0 Å². The van der Waals surface area contributed by atoms with Gasteiger partial charge in [-0.1, -0.05) is 49.2 Å². The summed E-state index contributed by atoms with van der Waals surface area (Å²) in [5.74, 6) is 0.160. The van der Waals surface area contributed by atoms with E-state index >= 15 is 0 Å². The minimum absolute atomic E-state index is 0.119. The Bertz CT molecular complexity index is 1520. The fourth-order valence-corrected chi connectivity index (χ4v) is 5.22. The molecule has 0 atom stereocenters. The van der Waals surface area contributed by atoms with Gasteiger partial charge in [-0.05, 0) is 79.4 Å². The first-order valence-electron chi connectivity index (χ1n) is 11.8. The molecular formula is C28H30ClN3O3S. The summed E-state index contributed by atoms with van der Waals surface area (Å²) < 4.78 is 30.4. The predicted molar refractivity (Wildman–Crippen MR) is 146 cm³/mol. The summed E-state index contributed by atoms with van der Waals surface area (Å²) in [7, 11) is -3.79. The van der Waals surface area contributed by atoms with Crippen LogP contribution in [0.3, 0.4) is 0 Å². The molecule has 4 aromatic rings. The number of hydrogen-bond donors (Lipinski definition) is 2. The van der Waals surface area contributed by atoms with Crippen molar-refractivity contribution >= 4 is 44.1 Å². The molecule has 0 spiro atoms. The molecule has 0 saturated carbocycles. The van der Waals surface area contributed by atoms with E-state index in [1.54, 1.807) is 12.1 Å². The molecule has 1 amide bonds. The van der Waals surface area contributed by atoms with E-state index in [-0.39, 0.29) is 10.8 Å². The number of carbonyl (C=O) groups is 1. The van der Waals surface area contributed by atoms with Crippen LogP contribution in [0, 0.1) is 19.8 Å². The van der Waals surface area contributed by atoms with E-state index in [0.717, 1.165) is 27.6 Å². The van der Waals surface area contributed by atoms with Crippen LogP contribution in [0.4, 0.5) is 5.69 Å². The van der Waals surface area contributed by atoms with Crippen LogP contribution in [0.5, 0.6) is 0 Å². The maximum Gasteiger partial charge on any atom is 0.267 e. The van der Waals surface area contributed by atoms with Gasteiger partial charge in [0, 0.05) is 34.7 Å². The number of aryl methyl sites for hydroxylation is 2. The predicted octanol–water partition coefficient (Wildman–Crippen LogP) is 6.15. The lowest BCUT2D eigenvalue weighted by atomic mass is 10.1. The Morgan fingerprint density at radius 1 is 0.972 bits per heavy atom. The molecule has 188 valence electrons. The highest BCUT2D eigenvalue weighted by atomic mass is 35.5. The molecule has 0 unspecified atom stereocenters. The number of nitrogens with one attached hydrogen (secondary N) is 2. The van der Waals surface area contributed by atoms with Gasteiger partial charge in [0.15, 0.2) is 0 Å². The van der Waals surface area contributed by atoms with Crippen molar-refractivity contribution in [1.82, 2.24) is 9.88 Å². The Morgan fingerprint density at radius 2 is 1.69 bits per heavy atom. The largest absolute Gasteiger partial charge is 0.351 e. The summed E-state index contributed by atoms with van der Waals surface area (Å²) in [4.78, 5) is 13.3. The SMILES string of the molecule is Cc1ccc(C)c(Cn2c(C(=O)NCC(C)C)cc3cc(NS(=O)(=O)c4ccc(Cl)cc4)ccc32)c1. The van der Waals surface area contributed by atoms with Gasteiger partial charge >= 0.3 is 0 Å². The van der Waals surface area contributed by atoms with Crippen molar-refractivity contribution in [2.24, 2.45) is 5.92 Å². The van der Waals surface area contributed by atoms with E-state index in [1.165, 1.54) is 24.3 Å². The second kappa shape index (κ2) is 10.4. The number of benzene rings is 3. The standard InChI is InChI=1S/C28H30ClN3O3S/c1-18(2)16-30-28(33)27-15-21-14-24(31-36(34,35)25-10-7-23(29)8-11-25)9-12-26(21)32(27)17-22-13-19(3)5-6-20(22)4/h5-15,18,31H,16-17H2,1-4H3,(H,30,33). The smallest absolute Gasteiger partial charge is 0.267 e. The molecule has 0 saturated heterocycles. The van der Waals surface area contributed by atoms with E-state index < -0.39 is 10.0 Å². The van der Waals surface area contributed by atoms with Crippen molar-refractivity contribution in [2.75, 3.05) is 11.3 Å². The van der Waals surface area contributed by atoms with Crippen LogP contribution in [-0.2, 0) is 16.6 Å². The number of aromatic nitrogens is 1. The van der Waals surface area contributed by atoms with Gasteiger partial charge in [-0.15, -0.1) is 0 Å². The van der Waals surface area contributed by atoms with Crippen molar-refractivity contribution in [3.8, 4) is 0 Å². The Labute approximate surface area is 217 Å². The maximum absolute atomic E-state index is 13.2. The van der Waals surface area contributed by atoms with E-state index in [1.807, 2.05) is 37.5 Å².